The van der Waals surface area contributed by atoms with E-state index in [1.807, 2.05) is 26.0 Å². The highest BCUT2D eigenvalue weighted by atomic mass is 79.9. The largest absolute Gasteiger partial charge is 0.369 e. The van der Waals surface area contributed by atoms with Crippen molar-refractivity contribution in [1.82, 2.24) is 0 Å². The summed E-state index contributed by atoms with van der Waals surface area (Å²) in [7, 11) is 0. The summed E-state index contributed by atoms with van der Waals surface area (Å²) in [6, 6.07) is 4.00. The Morgan fingerprint density at radius 3 is 2.40 bits per heavy atom. The van der Waals surface area contributed by atoms with Crippen LogP contribution in [0.15, 0.2) is 16.6 Å². The van der Waals surface area contributed by atoms with Crippen LogP contribution in [0, 0.1) is 25.7 Å². The molecule has 3 heteroatoms. The summed E-state index contributed by atoms with van der Waals surface area (Å²) in [4.78, 5) is 10.5. The molecule has 0 radical (unpaired) electrons. The molecule has 0 heterocycles. The van der Waals surface area contributed by atoms with Gasteiger partial charge in [-0.25, -0.2) is 0 Å². The second-order valence-corrected chi connectivity index (χ2v) is 4.28. The van der Waals surface area contributed by atoms with Crippen molar-refractivity contribution in [2.45, 2.75) is 20.3 Å². The van der Waals surface area contributed by atoms with Gasteiger partial charge in [-0.05, 0) is 37.1 Å². The Morgan fingerprint density at radius 1 is 1.40 bits per heavy atom. The summed E-state index contributed by atoms with van der Waals surface area (Å²) in [5.41, 5.74) is 8.17. The van der Waals surface area contributed by atoms with Gasteiger partial charge >= 0.3 is 0 Å². The van der Waals surface area contributed by atoms with Gasteiger partial charge in [0.05, 0.1) is 6.42 Å². The van der Waals surface area contributed by atoms with E-state index in [0.717, 1.165) is 21.2 Å². The van der Waals surface area contributed by atoms with E-state index in [0.29, 0.717) is 0 Å². The first kappa shape index (κ1) is 11.8. The molecule has 15 heavy (non-hydrogen) atoms. The third-order valence-electron chi connectivity index (χ3n) is 1.97. The molecule has 0 unspecified atom stereocenters. The lowest BCUT2D eigenvalue weighted by molar-refractivity contribution is -0.117. The Labute approximate surface area is 98.0 Å². The van der Waals surface area contributed by atoms with Gasteiger partial charge in [-0.3, -0.25) is 4.79 Å². The zero-order chi connectivity index (χ0) is 11.4. The molecule has 0 aliphatic rings. The number of primary amides is 1. The third-order valence-corrected chi connectivity index (χ3v) is 2.43. The van der Waals surface area contributed by atoms with Crippen LogP contribution in [-0.2, 0) is 4.79 Å². The number of carbonyl (C=O) groups excluding carboxylic acids is 1. The molecule has 0 saturated heterocycles. The van der Waals surface area contributed by atoms with E-state index in [4.69, 9.17) is 5.73 Å². The van der Waals surface area contributed by atoms with Crippen LogP contribution in [-0.4, -0.2) is 5.91 Å². The van der Waals surface area contributed by atoms with Crippen LogP contribution in [0.3, 0.4) is 0 Å². The number of benzene rings is 1. The highest BCUT2D eigenvalue weighted by Crippen LogP contribution is 2.19. The van der Waals surface area contributed by atoms with Crippen molar-refractivity contribution in [3.05, 3.63) is 33.3 Å². The molecule has 0 spiro atoms. The summed E-state index contributed by atoms with van der Waals surface area (Å²) in [5.74, 6) is 5.34. The SMILES string of the molecule is Cc1cc(Br)cc(C)c1C#CCC(N)=O. The molecule has 0 aliphatic carbocycles. The molecule has 0 fully saturated rings. The third kappa shape index (κ3) is 3.41. The normalized spacial score (nSPS) is 9.27. The molecule has 0 saturated carbocycles. The minimum Gasteiger partial charge on any atom is -0.369 e. The average Bonchev–Trinajstić information content (AvgIpc) is 2.08. The lowest BCUT2D eigenvalue weighted by Gasteiger charge is -2.03. The van der Waals surface area contributed by atoms with Gasteiger partial charge in [0.15, 0.2) is 0 Å². The maximum atomic E-state index is 10.5. The molecule has 2 nitrogen and oxygen atoms in total. The maximum absolute atomic E-state index is 10.5. The summed E-state index contributed by atoms with van der Waals surface area (Å²) in [6.07, 6.45) is 0.106. The van der Waals surface area contributed by atoms with Crippen molar-refractivity contribution in [3.63, 3.8) is 0 Å². The van der Waals surface area contributed by atoms with Gasteiger partial charge in [-0.2, -0.15) is 0 Å². The minimum absolute atomic E-state index is 0.106. The summed E-state index contributed by atoms with van der Waals surface area (Å²) >= 11 is 3.42. The molecule has 0 atom stereocenters. The minimum atomic E-state index is -0.394. The quantitative estimate of drug-likeness (QED) is 0.779. The first-order valence-corrected chi connectivity index (χ1v) is 5.34. The maximum Gasteiger partial charge on any atom is 0.229 e. The molecule has 1 aromatic rings. The number of nitrogens with two attached hydrogens (primary N) is 1. The van der Waals surface area contributed by atoms with Gasteiger partial charge in [0, 0.05) is 10.0 Å². The van der Waals surface area contributed by atoms with Gasteiger partial charge in [-0.1, -0.05) is 27.8 Å². The number of carbonyl (C=O) groups is 1. The number of rotatable bonds is 1. The molecule has 0 bridgehead atoms. The van der Waals surface area contributed by atoms with Crippen molar-refractivity contribution in [1.29, 1.82) is 0 Å². The average molecular weight is 266 g/mol. The molecule has 0 aliphatic heterocycles. The molecule has 1 rings (SSSR count). The van der Waals surface area contributed by atoms with E-state index in [9.17, 15) is 4.79 Å². The van der Waals surface area contributed by atoms with E-state index in [1.54, 1.807) is 0 Å². The van der Waals surface area contributed by atoms with Crippen LogP contribution in [0.1, 0.15) is 23.1 Å². The van der Waals surface area contributed by atoms with Crippen LogP contribution >= 0.6 is 15.9 Å². The number of hydrogen-bond acceptors (Lipinski definition) is 1. The Bertz CT molecular complexity index is 431. The van der Waals surface area contributed by atoms with E-state index >= 15 is 0 Å². The standard InChI is InChI=1S/C12H12BrNO/c1-8-6-10(13)7-9(2)11(8)4-3-5-12(14)15/h6-7H,5H2,1-2H3,(H2,14,15). The van der Waals surface area contributed by atoms with Crippen LogP contribution in [0.4, 0.5) is 0 Å². The lowest BCUT2D eigenvalue weighted by Crippen LogP contribution is -2.08. The lowest BCUT2D eigenvalue weighted by atomic mass is 10.0. The van der Waals surface area contributed by atoms with E-state index in [2.05, 4.69) is 27.8 Å². The number of halogens is 1. The van der Waals surface area contributed by atoms with Crippen LogP contribution in [0.25, 0.3) is 0 Å². The Balaban J connectivity index is 3.03. The van der Waals surface area contributed by atoms with E-state index < -0.39 is 5.91 Å². The van der Waals surface area contributed by atoms with Crippen molar-refractivity contribution in [2.24, 2.45) is 5.73 Å². The monoisotopic (exact) mass is 265 g/mol. The molecule has 0 aromatic heterocycles. The topological polar surface area (TPSA) is 43.1 Å². The Hall–Kier alpha value is -1.27. The molecular weight excluding hydrogens is 254 g/mol. The molecule has 1 aromatic carbocycles. The molecule has 2 N–H and O–H groups in total. The molecule has 78 valence electrons. The number of hydrogen-bond donors (Lipinski definition) is 1. The zero-order valence-electron chi connectivity index (χ0n) is 8.73. The predicted molar refractivity (Wildman–Crippen MR) is 64.3 cm³/mol. The Morgan fingerprint density at radius 2 is 1.93 bits per heavy atom. The first-order valence-electron chi connectivity index (χ1n) is 4.54. The van der Waals surface area contributed by atoms with Gasteiger partial charge in [0.25, 0.3) is 0 Å². The fraction of sp³-hybridized carbons (Fsp3) is 0.250. The van der Waals surface area contributed by atoms with E-state index in [-0.39, 0.29) is 6.42 Å². The second-order valence-electron chi connectivity index (χ2n) is 3.36. The predicted octanol–water partition coefficient (Wildman–Crippen LogP) is 2.29. The van der Waals surface area contributed by atoms with Gasteiger partial charge in [0.2, 0.25) is 5.91 Å². The van der Waals surface area contributed by atoms with Crippen molar-refractivity contribution >= 4 is 21.8 Å². The fourth-order valence-corrected chi connectivity index (χ4v) is 2.01. The smallest absolute Gasteiger partial charge is 0.229 e. The van der Waals surface area contributed by atoms with Gasteiger partial charge in [0.1, 0.15) is 0 Å². The van der Waals surface area contributed by atoms with Crippen molar-refractivity contribution in [2.75, 3.05) is 0 Å². The van der Waals surface area contributed by atoms with Crippen molar-refractivity contribution in [3.8, 4) is 11.8 Å². The first-order chi connectivity index (χ1) is 7.00. The van der Waals surface area contributed by atoms with Gasteiger partial charge < -0.3 is 5.73 Å². The highest BCUT2D eigenvalue weighted by Gasteiger charge is 2.00. The van der Waals surface area contributed by atoms with Crippen molar-refractivity contribution < 1.29 is 4.79 Å². The summed E-state index contributed by atoms with van der Waals surface area (Å²) < 4.78 is 1.04. The second kappa shape index (κ2) is 4.99. The molecular formula is C12H12BrNO. The molecule has 1 amide bonds. The summed E-state index contributed by atoms with van der Waals surface area (Å²) in [6.45, 7) is 3.98. The van der Waals surface area contributed by atoms with Crippen LogP contribution in [0.5, 0.6) is 0 Å². The fourth-order valence-electron chi connectivity index (χ4n) is 1.33. The summed E-state index contributed by atoms with van der Waals surface area (Å²) in [5, 5.41) is 0. The van der Waals surface area contributed by atoms with E-state index in [1.165, 1.54) is 0 Å². The number of amides is 1. The van der Waals surface area contributed by atoms with Crippen LogP contribution < -0.4 is 5.73 Å². The number of aryl methyl sites for hydroxylation is 2. The zero-order valence-corrected chi connectivity index (χ0v) is 10.3. The van der Waals surface area contributed by atoms with Gasteiger partial charge in [-0.15, -0.1) is 0 Å². The van der Waals surface area contributed by atoms with Crippen LogP contribution in [0.2, 0.25) is 0 Å². The highest BCUT2D eigenvalue weighted by molar-refractivity contribution is 9.10. The Kier molecular flexibility index (Phi) is 3.93.